The first-order chi connectivity index (χ1) is 8.06. The molecule has 94 valence electrons. The first-order valence-corrected chi connectivity index (χ1v) is 5.76. The van der Waals surface area contributed by atoms with E-state index in [0.717, 1.165) is 4.88 Å². The third-order valence-electron chi connectivity index (χ3n) is 2.15. The topological polar surface area (TPSA) is 102 Å². The van der Waals surface area contributed by atoms with Gasteiger partial charge in [0.1, 0.15) is 6.04 Å². The van der Waals surface area contributed by atoms with Crippen LogP contribution in [0.3, 0.4) is 0 Å². The number of thiophene rings is 1. The lowest BCUT2D eigenvalue weighted by Crippen LogP contribution is -2.41. The summed E-state index contributed by atoms with van der Waals surface area (Å²) in [7, 11) is 1.27. The van der Waals surface area contributed by atoms with Crippen molar-refractivity contribution in [2.75, 3.05) is 13.7 Å². The number of carboxylic acid groups (broad SMARTS) is 1. The Morgan fingerprint density at radius 1 is 1.65 bits per heavy atom. The summed E-state index contributed by atoms with van der Waals surface area (Å²) in [5, 5.41) is 13.0. The third-order valence-corrected chi connectivity index (χ3v) is 3.11. The molecule has 17 heavy (non-hydrogen) atoms. The average molecular weight is 258 g/mol. The van der Waals surface area contributed by atoms with Gasteiger partial charge in [0.2, 0.25) is 5.91 Å². The minimum Gasteiger partial charge on any atom is -0.479 e. The van der Waals surface area contributed by atoms with Crippen LogP contribution in [0.5, 0.6) is 0 Å². The van der Waals surface area contributed by atoms with Gasteiger partial charge in [0, 0.05) is 12.0 Å². The highest BCUT2D eigenvalue weighted by Gasteiger charge is 2.21. The van der Waals surface area contributed by atoms with E-state index in [1.807, 2.05) is 5.38 Å². The molecule has 0 saturated carbocycles. The van der Waals surface area contributed by atoms with Gasteiger partial charge in [-0.2, -0.15) is 0 Å². The van der Waals surface area contributed by atoms with Gasteiger partial charge in [0.15, 0.2) is 6.10 Å². The molecule has 2 unspecified atom stereocenters. The fourth-order valence-electron chi connectivity index (χ4n) is 1.17. The number of ether oxygens (including phenoxy) is 1. The highest BCUT2D eigenvalue weighted by molar-refractivity contribution is 7.10. The lowest BCUT2D eigenvalue weighted by atomic mass is 10.2. The number of carbonyl (C=O) groups excluding carboxylic acids is 1. The van der Waals surface area contributed by atoms with Crippen molar-refractivity contribution in [3.8, 4) is 0 Å². The maximum atomic E-state index is 11.6. The van der Waals surface area contributed by atoms with E-state index in [0.29, 0.717) is 0 Å². The summed E-state index contributed by atoms with van der Waals surface area (Å²) in [5.74, 6) is -1.55. The molecule has 2 atom stereocenters. The van der Waals surface area contributed by atoms with Gasteiger partial charge < -0.3 is 20.9 Å². The van der Waals surface area contributed by atoms with Crippen LogP contribution in [0.25, 0.3) is 0 Å². The number of nitrogens with one attached hydrogen (secondary N) is 1. The molecule has 0 radical (unpaired) electrons. The van der Waals surface area contributed by atoms with Gasteiger partial charge in [0.25, 0.3) is 0 Å². The monoisotopic (exact) mass is 258 g/mol. The number of amides is 1. The quantitative estimate of drug-likeness (QED) is 0.664. The Morgan fingerprint density at radius 2 is 2.35 bits per heavy atom. The first-order valence-electron chi connectivity index (χ1n) is 4.88. The van der Waals surface area contributed by atoms with Gasteiger partial charge in [0.05, 0.1) is 6.54 Å². The summed E-state index contributed by atoms with van der Waals surface area (Å²) >= 11 is 1.37. The number of nitrogens with two attached hydrogens (primary N) is 1. The van der Waals surface area contributed by atoms with Crippen molar-refractivity contribution in [3.05, 3.63) is 22.4 Å². The van der Waals surface area contributed by atoms with E-state index >= 15 is 0 Å². The molecule has 0 aliphatic rings. The van der Waals surface area contributed by atoms with Gasteiger partial charge in [-0.1, -0.05) is 6.07 Å². The van der Waals surface area contributed by atoms with Crippen molar-refractivity contribution in [1.29, 1.82) is 0 Å². The van der Waals surface area contributed by atoms with Crippen LogP contribution >= 0.6 is 11.3 Å². The number of methoxy groups -OCH3 is 1. The van der Waals surface area contributed by atoms with Gasteiger partial charge in [-0.25, -0.2) is 4.79 Å². The number of carboxylic acids is 1. The highest BCUT2D eigenvalue weighted by atomic mass is 32.1. The molecule has 0 bridgehead atoms. The smallest absolute Gasteiger partial charge is 0.334 e. The summed E-state index contributed by atoms with van der Waals surface area (Å²) in [6, 6.07) is 2.77. The van der Waals surface area contributed by atoms with Crippen LogP contribution in [0.4, 0.5) is 0 Å². The second-order valence-corrected chi connectivity index (χ2v) is 4.28. The van der Waals surface area contributed by atoms with Crippen LogP contribution in [-0.2, 0) is 14.3 Å². The van der Waals surface area contributed by atoms with Crippen LogP contribution in [0.15, 0.2) is 17.5 Å². The molecule has 0 aliphatic heterocycles. The van der Waals surface area contributed by atoms with Crippen LogP contribution in [0.1, 0.15) is 10.9 Å². The summed E-state index contributed by atoms with van der Waals surface area (Å²) in [6.45, 7) is -0.107. The predicted octanol–water partition coefficient (Wildman–Crippen LogP) is -0.0363. The molecular formula is C10H14N2O4S. The van der Waals surface area contributed by atoms with E-state index < -0.39 is 24.0 Å². The normalized spacial score (nSPS) is 14.0. The summed E-state index contributed by atoms with van der Waals surface area (Å²) < 4.78 is 4.68. The standard InChI is InChI=1S/C10H14N2O4S/c1-16-6(10(14)15)5-12-9(13)8(11)7-3-2-4-17-7/h2-4,6,8H,5,11H2,1H3,(H,12,13)(H,14,15). The zero-order valence-electron chi connectivity index (χ0n) is 9.25. The molecule has 0 aliphatic carbocycles. The molecule has 0 saturated heterocycles. The van der Waals surface area contributed by atoms with Crippen LogP contribution in [-0.4, -0.2) is 36.7 Å². The fraction of sp³-hybridized carbons (Fsp3) is 0.400. The molecule has 1 amide bonds. The predicted molar refractivity (Wildman–Crippen MR) is 62.7 cm³/mol. The zero-order chi connectivity index (χ0) is 12.8. The van der Waals surface area contributed by atoms with Crippen LogP contribution < -0.4 is 11.1 Å². The minimum atomic E-state index is -1.13. The molecule has 1 aromatic heterocycles. The average Bonchev–Trinajstić information content (AvgIpc) is 2.81. The Bertz CT molecular complexity index is 380. The van der Waals surface area contributed by atoms with E-state index in [9.17, 15) is 9.59 Å². The Labute approximate surface area is 102 Å². The third kappa shape index (κ3) is 3.81. The summed E-state index contributed by atoms with van der Waals surface area (Å²) in [6.07, 6.45) is -1.06. The van der Waals surface area contributed by atoms with Gasteiger partial charge in [-0.3, -0.25) is 4.79 Å². The molecule has 7 heteroatoms. The van der Waals surface area contributed by atoms with Crippen molar-refractivity contribution in [3.63, 3.8) is 0 Å². The molecule has 6 nitrogen and oxygen atoms in total. The van der Waals surface area contributed by atoms with E-state index in [2.05, 4.69) is 10.1 Å². The number of carbonyl (C=O) groups is 2. The molecule has 0 fully saturated rings. The maximum Gasteiger partial charge on any atom is 0.334 e. The zero-order valence-corrected chi connectivity index (χ0v) is 10.1. The summed E-state index contributed by atoms with van der Waals surface area (Å²) in [5.41, 5.74) is 5.70. The molecule has 1 rings (SSSR count). The van der Waals surface area contributed by atoms with E-state index in [1.165, 1.54) is 18.4 Å². The number of rotatable bonds is 6. The van der Waals surface area contributed by atoms with Crippen molar-refractivity contribution < 1.29 is 19.4 Å². The van der Waals surface area contributed by atoms with Crippen molar-refractivity contribution >= 4 is 23.2 Å². The van der Waals surface area contributed by atoms with E-state index in [1.54, 1.807) is 12.1 Å². The molecule has 1 aromatic rings. The molecule has 4 N–H and O–H groups in total. The summed E-state index contributed by atoms with van der Waals surface area (Å²) in [4.78, 5) is 23.0. The Morgan fingerprint density at radius 3 is 2.82 bits per heavy atom. The van der Waals surface area contributed by atoms with Crippen LogP contribution in [0, 0.1) is 0 Å². The molecule has 0 spiro atoms. The second-order valence-electron chi connectivity index (χ2n) is 3.30. The highest BCUT2D eigenvalue weighted by Crippen LogP contribution is 2.16. The first kappa shape index (κ1) is 13.6. The maximum absolute atomic E-state index is 11.6. The van der Waals surface area contributed by atoms with Gasteiger partial charge >= 0.3 is 5.97 Å². The van der Waals surface area contributed by atoms with E-state index in [-0.39, 0.29) is 6.54 Å². The Balaban J connectivity index is 2.47. The Kier molecular flexibility index (Phi) is 5.08. The number of hydrogen-bond acceptors (Lipinski definition) is 5. The molecular weight excluding hydrogens is 244 g/mol. The Hall–Kier alpha value is -1.44. The minimum absolute atomic E-state index is 0.107. The molecule has 1 heterocycles. The van der Waals surface area contributed by atoms with Crippen molar-refractivity contribution in [2.45, 2.75) is 12.1 Å². The largest absolute Gasteiger partial charge is 0.479 e. The number of aliphatic carboxylic acids is 1. The lowest BCUT2D eigenvalue weighted by Gasteiger charge is -2.14. The van der Waals surface area contributed by atoms with Gasteiger partial charge in [-0.15, -0.1) is 11.3 Å². The molecule has 0 aromatic carbocycles. The van der Waals surface area contributed by atoms with Gasteiger partial charge in [-0.05, 0) is 11.4 Å². The fourth-order valence-corrected chi connectivity index (χ4v) is 1.90. The SMILES string of the molecule is COC(CNC(=O)C(N)c1cccs1)C(=O)O. The number of hydrogen-bond donors (Lipinski definition) is 3. The lowest BCUT2D eigenvalue weighted by molar-refractivity contribution is -0.148. The van der Waals surface area contributed by atoms with E-state index in [4.69, 9.17) is 10.8 Å². The van der Waals surface area contributed by atoms with Crippen molar-refractivity contribution in [1.82, 2.24) is 5.32 Å². The second kappa shape index (κ2) is 6.33. The van der Waals surface area contributed by atoms with Crippen LogP contribution in [0.2, 0.25) is 0 Å². The van der Waals surface area contributed by atoms with Crippen molar-refractivity contribution in [2.24, 2.45) is 5.73 Å².